The van der Waals surface area contributed by atoms with E-state index >= 15 is 0 Å². The molecule has 0 radical (unpaired) electrons. The highest BCUT2D eigenvalue weighted by Crippen LogP contribution is 2.49. The fraction of sp³-hybridized carbons (Fsp3) is 1.00. The minimum Gasteiger partial charge on any atom is -0.313 e. The van der Waals surface area contributed by atoms with E-state index in [4.69, 9.17) is 0 Å². The average Bonchev–Trinajstić information content (AvgIpc) is 3.05. The highest BCUT2D eigenvalue weighted by Gasteiger charge is 2.41. The molecule has 2 saturated carbocycles. The van der Waals surface area contributed by atoms with Gasteiger partial charge in [0.1, 0.15) is 0 Å². The third-order valence-electron chi connectivity index (χ3n) is 5.47. The maximum Gasteiger partial charge on any atom is 0.214 e. The summed E-state index contributed by atoms with van der Waals surface area (Å²) < 4.78 is 25.0. The van der Waals surface area contributed by atoms with Crippen molar-refractivity contribution in [2.24, 2.45) is 17.8 Å². The van der Waals surface area contributed by atoms with Crippen LogP contribution in [0, 0.1) is 17.8 Å². The van der Waals surface area contributed by atoms with E-state index in [2.05, 4.69) is 12.2 Å². The van der Waals surface area contributed by atoms with Crippen LogP contribution < -0.4 is 5.32 Å². The Labute approximate surface area is 117 Å². The van der Waals surface area contributed by atoms with E-state index in [1.165, 1.54) is 25.7 Å². The van der Waals surface area contributed by atoms with Crippen LogP contribution in [0.1, 0.15) is 39.0 Å². The monoisotopic (exact) mass is 286 g/mol. The second-order valence-corrected chi connectivity index (χ2v) is 8.74. The number of rotatable bonds is 5. The zero-order chi connectivity index (χ0) is 13.5. The summed E-state index contributed by atoms with van der Waals surface area (Å²) >= 11 is 0. The summed E-state index contributed by atoms with van der Waals surface area (Å²) in [5.41, 5.74) is 0. The molecule has 1 saturated heterocycles. The zero-order valence-corrected chi connectivity index (χ0v) is 12.7. The minimum atomic E-state index is -2.92. The van der Waals surface area contributed by atoms with Gasteiger partial charge in [-0.3, -0.25) is 0 Å². The quantitative estimate of drug-likeness (QED) is 0.832. The van der Waals surface area contributed by atoms with E-state index < -0.39 is 10.0 Å². The van der Waals surface area contributed by atoms with Gasteiger partial charge in [0, 0.05) is 25.7 Å². The largest absolute Gasteiger partial charge is 0.313 e. The van der Waals surface area contributed by atoms with Gasteiger partial charge in [0.15, 0.2) is 0 Å². The highest BCUT2D eigenvalue weighted by atomic mass is 32.2. The van der Waals surface area contributed by atoms with E-state index in [0.717, 1.165) is 30.7 Å². The van der Waals surface area contributed by atoms with Crippen LogP contribution in [0.3, 0.4) is 0 Å². The molecule has 2 aliphatic carbocycles. The molecule has 0 spiro atoms. The Hall–Kier alpha value is -0.130. The first-order chi connectivity index (χ1) is 9.06. The lowest BCUT2D eigenvalue weighted by molar-refractivity contribution is 0.257. The van der Waals surface area contributed by atoms with Crippen molar-refractivity contribution in [3.63, 3.8) is 0 Å². The first-order valence-corrected chi connectivity index (χ1v) is 9.38. The molecule has 3 rings (SSSR count). The Morgan fingerprint density at radius 3 is 2.74 bits per heavy atom. The van der Waals surface area contributed by atoms with Crippen LogP contribution in [0.15, 0.2) is 0 Å². The van der Waals surface area contributed by atoms with Crippen LogP contribution in [0.2, 0.25) is 0 Å². The predicted molar refractivity (Wildman–Crippen MR) is 76.4 cm³/mol. The third-order valence-corrected chi connectivity index (χ3v) is 7.42. The van der Waals surface area contributed by atoms with Crippen molar-refractivity contribution < 1.29 is 8.42 Å². The molecule has 0 aromatic rings. The Balaban J connectivity index is 1.43. The van der Waals surface area contributed by atoms with Gasteiger partial charge < -0.3 is 5.32 Å². The summed E-state index contributed by atoms with van der Waals surface area (Å²) in [6, 6.07) is 0.542. The SMILES string of the molecule is C[C@@H](NCCN1CCCS1(=O)=O)[C@@H]1C[C@H]2CC[C@H]1C2. The number of fused-ring (bicyclic) bond motifs is 2. The molecule has 0 aromatic carbocycles. The summed E-state index contributed by atoms with van der Waals surface area (Å²) in [6.45, 7) is 4.44. The van der Waals surface area contributed by atoms with E-state index in [1.54, 1.807) is 4.31 Å². The molecule has 4 atom stereocenters. The van der Waals surface area contributed by atoms with Gasteiger partial charge in [0.25, 0.3) is 0 Å². The van der Waals surface area contributed by atoms with Crippen molar-refractivity contribution in [2.45, 2.75) is 45.1 Å². The number of sulfonamides is 1. The van der Waals surface area contributed by atoms with Gasteiger partial charge in [-0.25, -0.2) is 12.7 Å². The molecule has 0 amide bonds. The fourth-order valence-electron chi connectivity index (χ4n) is 4.42. The molecule has 110 valence electrons. The normalized spacial score (nSPS) is 38.9. The fourth-order valence-corrected chi connectivity index (χ4v) is 5.95. The smallest absolute Gasteiger partial charge is 0.214 e. The molecular formula is C14H26N2O2S. The first-order valence-electron chi connectivity index (χ1n) is 7.77. The molecule has 3 aliphatic rings. The van der Waals surface area contributed by atoms with Crippen LogP contribution in [0.4, 0.5) is 0 Å². The van der Waals surface area contributed by atoms with Crippen molar-refractivity contribution in [3.8, 4) is 0 Å². The van der Waals surface area contributed by atoms with Gasteiger partial charge >= 0.3 is 0 Å². The second-order valence-electron chi connectivity index (χ2n) is 6.65. The number of hydrogen-bond acceptors (Lipinski definition) is 3. The molecule has 1 heterocycles. The van der Waals surface area contributed by atoms with E-state index in [0.29, 0.717) is 24.9 Å². The molecule has 1 aliphatic heterocycles. The van der Waals surface area contributed by atoms with Gasteiger partial charge in [-0.2, -0.15) is 0 Å². The molecule has 2 bridgehead atoms. The molecular weight excluding hydrogens is 260 g/mol. The summed E-state index contributed by atoms with van der Waals surface area (Å²) in [7, 11) is -2.92. The van der Waals surface area contributed by atoms with Gasteiger partial charge in [0.2, 0.25) is 10.0 Å². The molecule has 0 unspecified atom stereocenters. The maximum atomic E-state index is 11.7. The van der Waals surface area contributed by atoms with E-state index in [9.17, 15) is 8.42 Å². The molecule has 0 aromatic heterocycles. The van der Waals surface area contributed by atoms with Gasteiger partial charge in [-0.1, -0.05) is 6.42 Å². The number of nitrogens with zero attached hydrogens (tertiary/aromatic N) is 1. The van der Waals surface area contributed by atoms with Crippen molar-refractivity contribution in [1.29, 1.82) is 0 Å². The maximum absolute atomic E-state index is 11.7. The highest BCUT2D eigenvalue weighted by molar-refractivity contribution is 7.89. The van der Waals surface area contributed by atoms with Crippen molar-refractivity contribution in [1.82, 2.24) is 9.62 Å². The molecule has 1 N–H and O–H groups in total. The van der Waals surface area contributed by atoms with Crippen LogP contribution in [-0.2, 0) is 10.0 Å². The lowest BCUT2D eigenvalue weighted by Crippen LogP contribution is -2.41. The van der Waals surface area contributed by atoms with E-state index in [1.807, 2.05) is 0 Å². The van der Waals surface area contributed by atoms with Gasteiger partial charge in [-0.05, 0) is 50.4 Å². The Kier molecular flexibility index (Phi) is 3.89. The third kappa shape index (κ3) is 2.83. The van der Waals surface area contributed by atoms with Crippen molar-refractivity contribution in [3.05, 3.63) is 0 Å². The predicted octanol–water partition coefficient (Wildman–Crippen LogP) is 1.44. The molecule has 19 heavy (non-hydrogen) atoms. The second kappa shape index (κ2) is 5.34. The van der Waals surface area contributed by atoms with Crippen LogP contribution in [0.25, 0.3) is 0 Å². The topological polar surface area (TPSA) is 49.4 Å². The Morgan fingerprint density at radius 2 is 2.16 bits per heavy atom. The van der Waals surface area contributed by atoms with Crippen LogP contribution in [0.5, 0.6) is 0 Å². The zero-order valence-electron chi connectivity index (χ0n) is 11.8. The van der Waals surface area contributed by atoms with Crippen LogP contribution >= 0.6 is 0 Å². The van der Waals surface area contributed by atoms with Gasteiger partial charge in [-0.15, -0.1) is 0 Å². The Morgan fingerprint density at radius 1 is 1.32 bits per heavy atom. The molecule has 5 heteroatoms. The summed E-state index contributed by atoms with van der Waals surface area (Å²) in [6.07, 6.45) is 6.49. The van der Waals surface area contributed by atoms with Crippen molar-refractivity contribution in [2.75, 3.05) is 25.4 Å². The number of hydrogen-bond donors (Lipinski definition) is 1. The number of nitrogens with one attached hydrogen (secondary N) is 1. The Bertz CT molecular complexity index is 423. The van der Waals surface area contributed by atoms with E-state index in [-0.39, 0.29) is 0 Å². The van der Waals surface area contributed by atoms with Gasteiger partial charge in [0.05, 0.1) is 5.75 Å². The van der Waals surface area contributed by atoms with Crippen molar-refractivity contribution >= 4 is 10.0 Å². The minimum absolute atomic E-state index is 0.342. The molecule has 4 nitrogen and oxygen atoms in total. The molecule has 3 fully saturated rings. The van der Waals surface area contributed by atoms with Crippen LogP contribution in [-0.4, -0.2) is 44.2 Å². The average molecular weight is 286 g/mol. The summed E-state index contributed by atoms with van der Waals surface area (Å²) in [5, 5.41) is 3.57. The first kappa shape index (κ1) is 13.8. The lowest BCUT2D eigenvalue weighted by Gasteiger charge is -2.29. The standard InChI is InChI=1S/C14H26N2O2S/c1-11(14-10-12-3-4-13(14)9-12)15-5-7-16-6-2-8-19(16,17)18/h11-15H,2-10H2,1H3/t11-,12+,13+,14+/m1/s1. The summed E-state index contributed by atoms with van der Waals surface area (Å²) in [4.78, 5) is 0. The lowest BCUT2D eigenvalue weighted by atomic mass is 9.84. The summed E-state index contributed by atoms with van der Waals surface area (Å²) in [5.74, 6) is 3.09.